The number of pyridine rings is 1. The number of amides is 1. The second-order valence-electron chi connectivity index (χ2n) is 5.63. The molecular weight excluding hydrogens is 316 g/mol. The van der Waals surface area contributed by atoms with Crippen LogP contribution in [0.3, 0.4) is 0 Å². The van der Waals surface area contributed by atoms with Crippen molar-refractivity contribution in [2.75, 3.05) is 5.32 Å². The van der Waals surface area contributed by atoms with Crippen molar-refractivity contribution in [3.8, 4) is 11.5 Å². The fourth-order valence-electron chi connectivity index (χ4n) is 2.71. The summed E-state index contributed by atoms with van der Waals surface area (Å²) in [6.07, 6.45) is 3.33. The maximum atomic E-state index is 12.6. The molecule has 1 amide bonds. The maximum Gasteiger partial charge on any atom is 0.259 e. The molecule has 1 aromatic carbocycles. The van der Waals surface area contributed by atoms with Crippen LogP contribution in [0.2, 0.25) is 0 Å². The van der Waals surface area contributed by atoms with Gasteiger partial charge in [-0.2, -0.15) is 5.10 Å². The molecule has 0 aliphatic carbocycles. The van der Waals surface area contributed by atoms with Gasteiger partial charge in [0.05, 0.1) is 11.3 Å². The quantitative estimate of drug-likeness (QED) is 0.766. The number of anilines is 1. The van der Waals surface area contributed by atoms with Gasteiger partial charge in [-0.05, 0) is 45.0 Å². The van der Waals surface area contributed by atoms with Crippen LogP contribution < -0.4 is 10.1 Å². The number of hydrogen-bond donors (Lipinski definition) is 1. The molecule has 3 aromatic rings. The highest BCUT2D eigenvalue weighted by Gasteiger charge is 2.18. The third-order valence-corrected chi connectivity index (χ3v) is 3.89. The van der Waals surface area contributed by atoms with Crippen molar-refractivity contribution in [2.24, 2.45) is 0 Å². The molecule has 128 valence electrons. The van der Waals surface area contributed by atoms with Gasteiger partial charge in [0.2, 0.25) is 0 Å². The van der Waals surface area contributed by atoms with E-state index < -0.39 is 0 Å². The van der Waals surface area contributed by atoms with Crippen molar-refractivity contribution in [2.45, 2.75) is 27.3 Å². The summed E-state index contributed by atoms with van der Waals surface area (Å²) in [5, 5.41) is 7.31. The molecule has 0 aliphatic heterocycles. The Morgan fingerprint density at radius 1 is 1.16 bits per heavy atom. The second-order valence-corrected chi connectivity index (χ2v) is 5.63. The monoisotopic (exact) mass is 336 g/mol. The van der Waals surface area contributed by atoms with Crippen molar-refractivity contribution in [1.29, 1.82) is 0 Å². The number of benzene rings is 1. The number of aromatic nitrogens is 3. The predicted molar refractivity (Wildman–Crippen MR) is 96.1 cm³/mol. The fraction of sp³-hybridized carbons (Fsp3) is 0.211. The Bertz CT molecular complexity index is 888. The predicted octanol–water partition coefficient (Wildman–Crippen LogP) is 3.96. The van der Waals surface area contributed by atoms with Crippen LogP contribution in [0.25, 0.3) is 0 Å². The zero-order valence-electron chi connectivity index (χ0n) is 14.5. The molecule has 2 aromatic heterocycles. The molecule has 3 rings (SSSR count). The Labute approximate surface area is 146 Å². The van der Waals surface area contributed by atoms with Crippen LogP contribution in [-0.4, -0.2) is 20.7 Å². The van der Waals surface area contributed by atoms with Crippen LogP contribution in [0.15, 0.2) is 48.8 Å². The lowest BCUT2D eigenvalue weighted by atomic mass is 10.1. The van der Waals surface area contributed by atoms with E-state index in [1.807, 2.05) is 43.7 Å². The summed E-state index contributed by atoms with van der Waals surface area (Å²) in [5.74, 6) is 1.16. The van der Waals surface area contributed by atoms with Gasteiger partial charge >= 0.3 is 0 Å². The number of aryl methyl sites for hydroxylation is 2. The highest BCUT2D eigenvalue weighted by atomic mass is 16.5. The normalized spacial score (nSPS) is 10.5. The number of nitrogens with one attached hydrogen (secondary N) is 1. The molecule has 6 heteroatoms. The van der Waals surface area contributed by atoms with Crippen LogP contribution >= 0.6 is 0 Å². The SMILES string of the molecule is CCn1nc(C)c(C(=O)Nc2cccc(Oc3ccncc3)c2)c1C. The lowest BCUT2D eigenvalue weighted by Gasteiger charge is -2.09. The van der Waals surface area contributed by atoms with Crippen molar-refractivity contribution in [3.05, 3.63) is 65.7 Å². The first-order chi connectivity index (χ1) is 12.1. The zero-order valence-corrected chi connectivity index (χ0v) is 14.5. The first-order valence-corrected chi connectivity index (χ1v) is 8.11. The Hall–Kier alpha value is -3.15. The van der Waals surface area contributed by atoms with E-state index in [2.05, 4.69) is 15.4 Å². The van der Waals surface area contributed by atoms with Crippen LogP contribution in [-0.2, 0) is 6.54 Å². The third kappa shape index (κ3) is 3.68. The summed E-state index contributed by atoms with van der Waals surface area (Å²) < 4.78 is 7.59. The van der Waals surface area contributed by atoms with Crippen LogP contribution in [0.4, 0.5) is 5.69 Å². The molecule has 0 spiro atoms. The lowest BCUT2D eigenvalue weighted by molar-refractivity contribution is 0.102. The number of carbonyl (C=O) groups is 1. The average Bonchev–Trinajstić information content (AvgIpc) is 2.90. The summed E-state index contributed by atoms with van der Waals surface area (Å²) in [5.41, 5.74) is 2.87. The van der Waals surface area contributed by atoms with Gasteiger partial charge in [0.25, 0.3) is 5.91 Å². The van der Waals surface area contributed by atoms with Crippen molar-refractivity contribution in [3.63, 3.8) is 0 Å². The molecule has 0 fully saturated rings. The van der Waals surface area contributed by atoms with E-state index in [0.29, 0.717) is 22.7 Å². The molecule has 0 radical (unpaired) electrons. The third-order valence-electron chi connectivity index (χ3n) is 3.89. The van der Waals surface area contributed by atoms with E-state index in [4.69, 9.17) is 4.74 Å². The molecular formula is C19H20N4O2. The van der Waals surface area contributed by atoms with E-state index in [1.54, 1.807) is 30.6 Å². The minimum absolute atomic E-state index is 0.171. The van der Waals surface area contributed by atoms with E-state index in [0.717, 1.165) is 17.9 Å². The topological polar surface area (TPSA) is 69.0 Å². The summed E-state index contributed by atoms with van der Waals surface area (Å²) in [7, 11) is 0. The van der Waals surface area contributed by atoms with Gasteiger partial charge in [0.1, 0.15) is 11.5 Å². The smallest absolute Gasteiger partial charge is 0.259 e. The molecule has 6 nitrogen and oxygen atoms in total. The molecule has 0 saturated heterocycles. The van der Waals surface area contributed by atoms with Crippen LogP contribution in [0.5, 0.6) is 11.5 Å². The summed E-state index contributed by atoms with van der Waals surface area (Å²) in [6, 6.07) is 10.8. The standard InChI is InChI=1S/C19H20N4O2/c1-4-23-14(3)18(13(2)22-23)19(24)21-15-6-5-7-17(12-15)25-16-8-10-20-11-9-16/h5-12H,4H2,1-3H3,(H,21,24). The molecule has 0 aliphatic rings. The van der Waals surface area contributed by atoms with E-state index in [9.17, 15) is 4.79 Å². The summed E-state index contributed by atoms with van der Waals surface area (Å²) >= 11 is 0. The molecule has 0 unspecified atom stereocenters. The minimum atomic E-state index is -0.171. The van der Waals surface area contributed by atoms with E-state index in [-0.39, 0.29) is 5.91 Å². The molecule has 0 saturated carbocycles. The van der Waals surface area contributed by atoms with Gasteiger partial charge in [-0.3, -0.25) is 14.5 Å². The number of ether oxygens (including phenoxy) is 1. The number of hydrogen-bond acceptors (Lipinski definition) is 4. The van der Waals surface area contributed by atoms with Crippen LogP contribution in [0, 0.1) is 13.8 Å². The second kappa shape index (κ2) is 7.17. The van der Waals surface area contributed by atoms with Gasteiger partial charge in [0, 0.05) is 36.4 Å². The molecule has 0 bridgehead atoms. The van der Waals surface area contributed by atoms with Gasteiger partial charge in [0.15, 0.2) is 0 Å². The Balaban J connectivity index is 1.78. The maximum absolute atomic E-state index is 12.6. The van der Waals surface area contributed by atoms with E-state index in [1.165, 1.54) is 0 Å². The molecule has 25 heavy (non-hydrogen) atoms. The fourth-order valence-corrected chi connectivity index (χ4v) is 2.71. The van der Waals surface area contributed by atoms with Crippen molar-refractivity contribution < 1.29 is 9.53 Å². The zero-order chi connectivity index (χ0) is 17.8. The van der Waals surface area contributed by atoms with E-state index >= 15 is 0 Å². The number of carbonyl (C=O) groups excluding carboxylic acids is 1. The Morgan fingerprint density at radius 3 is 2.60 bits per heavy atom. The molecule has 1 N–H and O–H groups in total. The Kier molecular flexibility index (Phi) is 4.79. The number of nitrogens with zero attached hydrogens (tertiary/aromatic N) is 3. The first-order valence-electron chi connectivity index (χ1n) is 8.11. The van der Waals surface area contributed by atoms with Gasteiger partial charge in [-0.15, -0.1) is 0 Å². The van der Waals surface area contributed by atoms with Gasteiger partial charge in [-0.25, -0.2) is 0 Å². The van der Waals surface area contributed by atoms with Crippen LogP contribution in [0.1, 0.15) is 28.7 Å². The van der Waals surface area contributed by atoms with Crippen molar-refractivity contribution in [1.82, 2.24) is 14.8 Å². The highest BCUT2D eigenvalue weighted by Crippen LogP contribution is 2.24. The lowest BCUT2D eigenvalue weighted by Crippen LogP contribution is -2.14. The van der Waals surface area contributed by atoms with Crippen molar-refractivity contribution >= 4 is 11.6 Å². The average molecular weight is 336 g/mol. The van der Waals surface area contributed by atoms with Gasteiger partial charge in [-0.1, -0.05) is 6.07 Å². The Morgan fingerprint density at radius 2 is 1.92 bits per heavy atom. The minimum Gasteiger partial charge on any atom is -0.457 e. The van der Waals surface area contributed by atoms with Gasteiger partial charge < -0.3 is 10.1 Å². The number of rotatable bonds is 5. The molecule has 0 atom stereocenters. The summed E-state index contributed by atoms with van der Waals surface area (Å²) in [6.45, 7) is 6.48. The highest BCUT2D eigenvalue weighted by molar-refractivity contribution is 6.05. The first kappa shape index (κ1) is 16.7. The summed E-state index contributed by atoms with van der Waals surface area (Å²) in [4.78, 5) is 16.6. The molecule has 2 heterocycles. The largest absolute Gasteiger partial charge is 0.457 e.